The standard InChI is InChI=1S/C14H17N3O2S2/c1-9(2)20-14-17-16-13(21-14)15-12(18)10(3)19-11-7-5-4-6-8-11/h4-10H,1-3H3,(H,15,16,18)/t10-/m0/s1. The maximum Gasteiger partial charge on any atom is 0.266 e. The number of nitrogens with one attached hydrogen (secondary N) is 1. The highest BCUT2D eigenvalue weighted by molar-refractivity contribution is 8.01. The molecule has 1 N–H and O–H groups in total. The van der Waals surface area contributed by atoms with E-state index in [0.29, 0.717) is 16.1 Å². The monoisotopic (exact) mass is 323 g/mol. The van der Waals surface area contributed by atoms with E-state index in [4.69, 9.17) is 4.74 Å². The van der Waals surface area contributed by atoms with Crippen LogP contribution < -0.4 is 10.1 Å². The Balaban J connectivity index is 1.90. The predicted octanol–water partition coefficient (Wildman–Crippen LogP) is 3.44. The molecule has 7 heteroatoms. The Morgan fingerprint density at radius 2 is 1.95 bits per heavy atom. The Hall–Kier alpha value is -1.60. The van der Waals surface area contributed by atoms with Crippen LogP contribution in [0.2, 0.25) is 0 Å². The van der Waals surface area contributed by atoms with Crippen molar-refractivity contribution in [3.8, 4) is 5.75 Å². The van der Waals surface area contributed by atoms with E-state index in [1.807, 2.05) is 30.3 Å². The van der Waals surface area contributed by atoms with E-state index in [9.17, 15) is 4.79 Å². The number of benzene rings is 1. The SMILES string of the molecule is CC(C)Sc1nnc(NC(=O)[C@H](C)Oc2ccccc2)s1. The molecule has 5 nitrogen and oxygen atoms in total. The van der Waals surface area contributed by atoms with Gasteiger partial charge in [-0.25, -0.2) is 0 Å². The van der Waals surface area contributed by atoms with Gasteiger partial charge in [-0.3, -0.25) is 10.1 Å². The molecule has 0 spiro atoms. The molecule has 2 aromatic rings. The summed E-state index contributed by atoms with van der Waals surface area (Å²) in [6.45, 7) is 5.87. The van der Waals surface area contributed by atoms with Crippen molar-refractivity contribution in [2.75, 3.05) is 5.32 Å². The van der Waals surface area contributed by atoms with Crippen LogP contribution in [0, 0.1) is 0 Å². The Morgan fingerprint density at radius 3 is 2.62 bits per heavy atom. The van der Waals surface area contributed by atoms with Crippen LogP contribution in [-0.4, -0.2) is 27.5 Å². The molecule has 0 radical (unpaired) electrons. The smallest absolute Gasteiger partial charge is 0.266 e. The molecular formula is C14H17N3O2S2. The van der Waals surface area contributed by atoms with Crippen LogP contribution in [0.1, 0.15) is 20.8 Å². The second kappa shape index (κ2) is 7.42. The van der Waals surface area contributed by atoms with E-state index in [1.165, 1.54) is 11.3 Å². The quantitative estimate of drug-likeness (QED) is 0.651. The number of hydrogen-bond acceptors (Lipinski definition) is 6. The summed E-state index contributed by atoms with van der Waals surface area (Å²) in [4.78, 5) is 12.0. The second-order valence-electron chi connectivity index (χ2n) is 4.60. The Morgan fingerprint density at radius 1 is 1.24 bits per heavy atom. The zero-order valence-corrected chi connectivity index (χ0v) is 13.7. The highest BCUT2D eigenvalue weighted by Gasteiger charge is 2.17. The maximum absolute atomic E-state index is 12.0. The summed E-state index contributed by atoms with van der Waals surface area (Å²) in [7, 11) is 0. The molecule has 1 aromatic heterocycles. The van der Waals surface area contributed by atoms with E-state index in [0.717, 1.165) is 4.34 Å². The molecule has 1 aromatic carbocycles. The molecule has 1 heterocycles. The predicted molar refractivity (Wildman–Crippen MR) is 86.1 cm³/mol. The number of carbonyl (C=O) groups is 1. The number of amides is 1. The van der Waals surface area contributed by atoms with Gasteiger partial charge < -0.3 is 4.74 Å². The lowest BCUT2D eigenvalue weighted by molar-refractivity contribution is -0.122. The highest BCUT2D eigenvalue weighted by Crippen LogP contribution is 2.28. The molecule has 2 rings (SSSR count). The first-order chi connectivity index (χ1) is 10.0. The Kier molecular flexibility index (Phi) is 5.58. The van der Waals surface area contributed by atoms with Crippen molar-refractivity contribution in [2.45, 2.75) is 36.5 Å². The topological polar surface area (TPSA) is 64.1 Å². The third kappa shape index (κ3) is 5.02. The van der Waals surface area contributed by atoms with Crippen molar-refractivity contribution in [1.82, 2.24) is 10.2 Å². The number of ether oxygens (including phenoxy) is 1. The van der Waals surface area contributed by atoms with Crippen molar-refractivity contribution in [3.63, 3.8) is 0 Å². The molecule has 0 aliphatic rings. The number of para-hydroxylation sites is 1. The fourth-order valence-electron chi connectivity index (χ4n) is 1.47. The molecule has 112 valence electrons. The number of aromatic nitrogens is 2. The summed E-state index contributed by atoms with van der Waals surface area (Å²) < 4.78 is 6.40. The molecule has 21 heavy (non-hydrogen) atoms. The van der Waals surface area contributed by atoms with Gasteiger partial charge in [0.1, 0.15) is 5.75 Å². The molecule has 0 unspecified atom stereocenters. The molecule has 0 aliphatic heterocycles. The number of nitrogens with zero attached hydrogens (tertiary/aromatic N) is 2. The minimum atomic E-state index is -0.600. The molecule has 0 saturated heterocycles. The first-order valence-electron chi connectivity index (χ1n) is 6.57. The summed E-state index contributed by atoms with van der Waals surface area (Å²) in [6.07, 6.45) is -0.600. The van der Waals surface area contributed by atoms with Gasteiger partial charge in [-0.1, -0.05) is 55.1 Å². The summed E-state index contributed by atoms with van der Waals surface area (Å²) in [5.41, 5.74) is 0. The second-order valence-corrected chi connectivity index (χ2v) is 7.40. The fourth-order valence-corrected chi connectivity index (χ4v) is 3.45. The summed E-state index contributed by atoms with van der Waals surface area (Å²) in [5.74, 6) is 0.421. The van der Waals surface area contributed by atoms with Gasteiger partial charge in [0.2, 0.25) is 5.13 Å². The molecule has 0 aliphatic carbocycles. The van der Waals surface area contributed by atoms with Gasteiger partial charge in [-0.2, -0.15) is 0 Å². The lowest BCUT2D eigenvalue weighted by atomic mass is 10.3. The third-order valence-corrected chi connectivity index (χ3v) is 4.33. The van der Waals surface area contributed by atoms with Crippen LogP contribution in [-0.2, 0) is 4.79 Å². The number of anilines is 1. The number of hydrogen-bond donors (Lipinski definition) is 1. The van der Waals surface area contributed by atoms with Gasteiger partial charge in [-0.15, -0.1) is 10.2 Å². The average Bonchev–Trinajstić information content (AvgIpc) is 2.86. The van der Waals surface area contributed by atoms with E-state index >= 15 is 0 Å². The first-order valence-corrected chi connectivity index (χ1v) is 8.27. The first kappa shape index (κ1) is 15.8. The zero-order chi connectivity index (χ0) is 15.2. The molecule has 0 fully saturated rings. The average molecular weight is 323 g/mol. The molecule has 0 bridgehead atoms. The molecule has 1 amide bonds. The fraction of sp³-hybridized carbons (Fsp3) is 0.357. The number of thioether (sulfide) groups is 1. The van der Waals surface area contributed by atoms with Crippen molar-refractivity contribution in [3.05, 3.63) is 30.3 Å². The van der Waals surface area contributed by atoms with E-state index in [-0.39, 0.29) is 5.91 Å². The highest BCUT2D eigenvalue weighted by atomic mass is 32.2. The van der Waals surface area contributed by atoms with Gasteiger partial charge in [0, 0.05) is 5.25 Å². The van der Waals surface area contributed by atoms with Crippen LogP contribution in [0.15, 0.2) is 34.7 Å². The number of rotatable bonds is 6. The van der Waals surface area contributed by atoms with Crippen LogP contribution in [0.25, 0.3) is 0 Å². The zero-order valence-electron chi connectivity index (χ0n) is 12.1. The molecule has 0 saturated carbocycles. The Labute approximate surface area is 132 Å². The van der Waals surface area contributed by atoms with Gasteiger partial charge >= 0.3 is 0 Å². The lowest BCUT2D eigenvalue weighted by Gasteiger charge is -2.13. The molecule has 1 atom stereocenters. The summed E-state index contributed by atoms with van der Waals surface area (Å²) in [6, 6.07) is 9.24. The third-order valence-electron chi connectivity index (χ3n) is 2.40. The van der Waals surface area contributed by atoms with Crippen LogP contribution >= 0.6 is 23.1 Å². The Bertz CT molecular complexity index is 587. The maximum atomic E-state index is 12.0. The summed E-state index contributed by atoms with van der Waals surface area (Å²) >= 11 is 2.99. The van der Waals surface area contributed by atoms with Gasteiger partial charge in [-0.05, 0) is 19.1 Å². The van der Waals surface area contributed by atoms with E-state index < -0.39 is 6.10 Å². The largest absolute Gasteiger partial charge is 0.481 e. The van der Waals surface area contributed by atoms with Crippen molar-refractivity contribution in [1.29, 1.82) is 0 Å². The minimum Gasteiger partial charge on any atom is -0.481 e. The summed E-state index contributed by atoms with van der Waals surface area (Å²) in [5, 5.41) is 11.6. The van der Waals surface area contributed by atoms with Crippen molar-refractivity contribution in [2.24, 2.45) is 0 Å². The van der Waals surface area contributed by atoms with Crippen LogP contribution in [0.3, 0.4) is 0 Å². The van der Waals surface area contributed by atoms with Crippen LogP contribution in [0.5, 0.6) is 5.75 Å². The van der Waals surface area contributed by atoms with Gasteiger partial charge in [0.15, 0.2) is 10.4 Å². The van der Waals surface area contributed by atoms with Crippen molar-refractivity contribution >= 4 is 34.1 Å². The minimum absolute atomic E-state index is 0.240. The lowest BCUT2D eigenvalue weighted by Crippen LogP contribution is -2.30. The van der Waals surface area contributed by atoms with E-state index in [2.05, 4.69) is 29.4 Å². The van der Waals surface area contributed by atoms with Crippen LogP contribution in [0.4, 0.5) is 5.13 Å². The van der Waals surface area contributed by atoms with E-state index in [1.54, 1.807) is 18.7 Å². The number of carbonyl (C=O) groups excluding carboxylic acids is 1. The van der Waals surface area contributed by atoms with Crippen molar-refractivity contribution < 1.29 is 9.53 Å². The normalized spacial score (nSPS) is 12.2. The van der Waals surface area contributed by atoms with Gasteiger partial charge in [0.05, 0.1) is 0 Å². The van der Waals surface area contributed by atoms with Gasteiger partial charge in [0.25, 0.3) is 5.91 Å². The molecular weight excluding hydrogens is 306 g/mol.